The quantitative estimate of drug-likeness (QED) is 0.256. The summed E-state index contributed by atoms with van der Waals surface area (Å²) in [7, 11) is 0. The molecule has 0 bridgehead atoms. The molecule has 1 nitrogen and oxygen atoms in total. The smallest absolute Gasteiger partial charge is 0.143 e. The second-order valence-electron chi connectivity index (χ2n) is 9.50. The van der Waals surface area contributed by atoms with Crippen LogP contribution in [0.25, 0.3) is 66.1 Å². The highest BCUT2D eigenvalue weighted by molar-refractivity contribution is 6.09. The monoisotopic (exact) mass is 460 g/mol. The van der Waals surface area contributed by atoms with Gasteiger partial charge in [-0.05, 0) is 63.7 Å². The zero-order valence-electron chi connectivity index (χ0n) is 20.0. The summed E-state index contributed by atoms with van der Waals surface area (Å²) in [6.45, 7) is 2.12. The highest BCUT2D eigenvalue weighted by atomic mass is 16.3. The predicted octanol–water partition coefficient (Wildman–Crippen LogP) is 10.0. The number of fused-ring (bicyclic) bond motifs is 4. The van der Waals surface area contributed by atoms with Gasteiger partial charge in [-0.25, -0.2) is 0 Å². The molecule has 0 fully saturated rings. The molecule has 0 saturated carbocycles. The van der Waals surface area contributed by atoms with Crippen molar-refractivity contribution in [1.82, 2.24) is 0 Å². The van der Waals surface area contributed by atoms with Crippen molar-refractivity contribution in [3.63, 3.8) is 0 Å². The molecule has 0 unspecified atom stereocenters. The van der Waals surface area contributed by atoms with Gasteiger partial charge in [-0.15, -0.1) is 0 Å². The Hall–Kier alpha value is -4.62. The van der Waals surface area contributed by atoms with Gasteiger partial charge in [0.25, 0.3) is 0 Å². The number of benzene rings is 6. The molecule has 0 aliphatic carbocycles. The van der Waals surface area contributed by atoms with Crippen LogP contribution in [0, 0.1) is 6.92 Å². The summed E-state index contributed by atoms with van der Waals surface area (Å²) in [5.74, 6) is 0. The van der Waals surface area contributed by atoms with Gasteiger partial charge in [0.05, 0.1) is 0 Å². The fourth-order valence-corrected chi connectivity index (χ4v) is 5.17. The molecule has 0 amide bonds. The Labute approximate surface area is 210 Å². The number of hydrogen-bond acceptors (Lipinski definition) is 1. The summed E-state index contributed by atoms with van der Waals surface area (Å²) in [4.78, 5) is 0. The van der Waals surface area contributed by atoms with Crippen LogP contribution in [0.2, 0.25) is 0 Å². The van der Waals surface area contributed by atoms with Crippen molar-refractivity contribution in [3.05, 3.63) is 133 Å². The van der Waals surface area contributed by atoms with Crippen LogP contribution in [0.4, 0.5) is 0 Å². The van der Waals surface area contributed by atoms with Crippen molar-refractivity contribution in [2.24, 2.45) is 0 Å². The topological polar surface area (TPSA) is 13.1 Å². The maximum Gasteiger partial charge on any atom is 0.143 e. The van der Waals surface area contributed by atoms with Crippen molar-refractivity contribution >= 4 is 32.7 Å². The van der Waals surface area contributed by atoms with Gasteiger partial charge in [-0.3, -0.25) is 0 Å². The average molecular weight is 461 g/mol. The molecule has 1 aromatic heterocycles. The zero-order valence-corrected chi connectivity index (χ0v) is 20.0. The summed E-state index contributed by atoms with van der Waals surface area (Å²) >= 11 is 0. The minimum Gasteiger partial charge on any atom is -0.455 e. The Morgan fingerprint density at radius 2 is 1.00 bits per heavy atom. The van der Waals surface area contributed by atoms with E-state index in [1.54, 1.807) is 0 Å². The summed E-state index contributed by atoms with van der Waals surface area (Å²) in [6.07, 6.45) is 0. The lowest BCUT2D eigenvalue weighted by Crippen LogP contribution is -1.83. The first-order valence-electron chi connectivity index (χ1n) is 12.3. The van der Waals surface area contributed by atoms with Crippen molar-refractivity contribution in [3.8, 4) is 33.4 Å². The number of hydrogen-bond donors (Lipinski definition) is 0. The van der Waals surface area contributed by atoms with Crippen LogP contribution in [-0.2, 0) is 0 Å². The second kappa shape index (κ2) is 8.25. The third kappa shape index (κ3) is 3.49. The molecule has 7 aromatic rings. The van der Waals surface area contributed by atoms with E-state index in [9.17, 15) is 0 Å². The molecular weight excluding hydrogens is 436 g/mol. The van der Waals surface area contributed by atoms with Gasteiger partial charge >= 0.3 is 0 Å². The average Bonchev–Trinajstić information content (AvgIpc) is 3.32. The lowest BCUT2D eigenvalue weighted by Gasteiger charge is -2.09. The molecule has 0 radical (unpaired) electrons. The molecule has 0 N–H and O–H groups in total. The van der Waals surface area contributed by atoms with Gasteiger partial charge in [0.1, 0.15) is 11.2 Å². The highest BCUT2D eigenvalue weighted by Crippen LogP contribution is 2.36. The zero-order chi connectivity index (χ0) is 24.1. The number of furan rings is 1. The fraction of sp³-hybridized carbons (Fsp3) is 0.0286. The van der Waals surface area contributed by atoms with Gasteiger partial charge in [0.2, 0.25) is 0 Å². The third-order valence-electron chi connectivity index (χ3n) is 7.16. The van der Waals surface area contributed by atoms with Crippen LogP contribution in [-0.4, -0.2) is 0 Å². The Kier molecular flexibility index (Phi) is 4.75. The van der Waals surface area contributed by atoms with E-state index >= 15 is 0 Å². The van der Waals surface area contributed by atoms with E-state index in [-0.39, 0.29) is 0 Å². The molecule has 0 atom stereocenters. The van der Waals surface area contributed by atoms with Crippen LogP contribution in [0.5, 0.6) is 0 Å². The molecule has 0 spiro atoms. The van der Waals surface area contributed by atoms with Crippen molar-refractivity contribution in [2.75, 3.05) is 0 Å². The normalized spacial score (nSPS) is 11.5. The number of aryl methyl sites for hydroxylation is 1. The molecule has 6 aromatic carbocycles. The fourth-order valence-electron chi connectivity index (χ4n) is 5.17. The van der Waals surface area contributed by atoms with Crippen LogP contribution in [0.1, 0.15) is 5.56 Å². The van der Waals surface area contributed by atoms with Gasteiger partial charge in [-0.1, -0.05) is 115 Å². The molecule has 1 heteroatoms. The first kappa shape index (κ1) is 20.7. The van der Waals surface area contributed by atoms with Gasteiger partial charge < -0.3 is 4.42 Å². The molecule has 170 valence electrons. The number of para-hydroxylation sites is 2. The Balaban J connectivity index is 1.23. The first-order chi connectivity index (χ1) is 17.7. The summed E-state index contributed by atoms with van der Waals surface area (Å²) in [5, 5.41) is 4.82. The van der Waals surface area contributed by atoms with E-state index in [4.69, 9.17) is 4.42 Å². The highest BCUT2D eigenvalue weighted by Gasteiger charge is 2.12. The van der Waals surface area contributed by atoms with E-state index in [2.05, 4.69) is 122 Å². The lowest BCUT2D eigenvalue weighted by atomic mass is 9.96. The lowest BCUT2D eigenvalue weighted by molar-refractivity contribution is 0.670. The predicted molar refractivity (Wildman–Crippen MR) is 152 cm³/mol. The van der Waals surface area contributed by atoms with Crippen LogP contribution in [0.15, 0.2) is 132 Å². The molecule has 0 aliphatic rings. The van der Waals surface area contributed by atoms with Gasteiger partial charge in [-0.2, -0.15) is 0 Å². The summed E-state index contributed by atoms with van der Waals surface area (Å²) in [6, 6.07) is 45.6. The number of rotatable bonds is 3. The minimum atomic E-state index is 0.929. The molecule has 0 saturated heterocycles. The molecule has 0 aliphatic heterocycles. The van der Waals surface area contributed by atoms with E-state index in [0.717, 1.165) is 33.1 Å². The Morgan fingerprint density at radius 3 is 1.69 bits per heavy atom. The maximum atomic E-state index is 6.25. The molecule has 7 rings (SSSR count). The molecule has 1 heterocycles. The largest absolute Gasteiger partial charge is 0.455 e. The third-order valence-corrected chi connectivity index (χ3v) is 7.16. The Morgan fingerprint density at radius 1 is 0.444 bits per heavy atom. The molecule has 36 heavy (non-hydrogen) atoms. The van der Waals surface area contributed by atoms with Gasteiger partial charge in [0, 0.05) is 16.3 Å². The van der Waals surface area contributed by atoms with E-state index in [1.165, 1.54) is 38.6 Å². The summed E-state index contributed by atoms with van der Waals surface area (Å²) < 4.78 is 6.25. The van der Waals surface area contributed by atoms with E-state index < -0.39 is 0 Å². The standard InChI is InChI=1S/C35H24O/c1-23-9-11-24(12-10-23)27-17-19-30-22-28(18-20-29(30)21-27)25-13-15-26(16-14-25)31-6-4-7-33-32-5-2-3-8-34(32)36-35(31)33/h2-22H,1H3. The maximum absolute atomic E-state index is 6.25. The van der Waals surface area contributed by atoms with Crippen LogP contribution < -0.4 is 0 Å². The van der Waals surface area contributed by atoms with Crippen molar-refractivity contribution < 1.29 is 4.42 Å². The SMILES string of the molecule is Cc1ccc(-c2ccc3cc(-c4ccc(-c5cccc6c5oc5ccccc56)cc4)ccc3c2)cc1. The minimum absolute atomic E-state index is 0.929. The second-order valence-corrected chi connectivity index (χ2v) is 9.50. The summed E-state index contributed by atoms with van der Waals surface area (Å²) in [5.41, 5.74) is 10.4. The van der Waals surface area contributed by atoms with Gasteiger partial charge in [0.15, 0.2) is 0 Å². The van der Waals surface area contributed by atoms with E-state index in [1.807, 2.05) is 12.1 Å². The van der Waals surface area contributed by atoms with Crippen molar-refractivity contribution in [2.45, 2.75) is 6.92 Å². The van der Waals surface area contributed by atoms with Crippen LogP contribution >= 0.6 is 0 Å². The molecular formula is C35H24O. The van der Waals surface area contributed by atoms with Crippen molar-refractivity contribution in [1.29, 1.82) is 0 Å². The van der Waals surface area contributed by atoms with E-state index in [0.29, 0.717) is 0 Å². The first-order valence-corrected chi connectivity index (χ1v) is 12.3. The Bertz CT molecular complexity index is 1870. The van der Waals surface area contributed by atoms with Crippen LogP contribution in [0.3, 0.4) is 0 Å².